The SMILES string of the molecule is CCCC1CCN(S(=O)(=O)CC(N)=S)C1. The summed E-state index contributed by atoms with van der Waals surface area (Å²) in [5.41, 5.74) is 5.27. The summed E-state index contributed by atoms with van der Waals surface area (Å²) in [6.07, 6.45) is 3.16. The molecule has 88 valence electrons. The fraction of sp³-hybridized carbons (Fsp3) is 0.889. The van der Waals surface area contributed by atoms with Crippen LogP contribution in [0.2, 0.25) is 0 Å². The van der Waals surface area contributed by atoms with Crippen molar-refractivity contribution >= 4 is 27.2 Å². The van der Waals surface area contributed by atoms with Gasteiger partial charge in [-0.2, -0.15) is 0 Å². The van der Waals surface area contributed by atoms with Crippen LogP contribution in [-0.4, -0.2) is 36.6 Å². The molecule has 15 heavy (non-hydrogen) atoms. The van der Waals surface area contributed by atoms with Crippen LogP contribution in [0.3, 0.4) is 0 Å². The van der Waals surface area contributed by atoms with Crippen LogP contribution < -0.4 is 5.73 Å². The summed E-state index contributed by atoms with van der Waals surface area (Å²) in [5, 5.41) is 0. The first-order valence-electron chi connectivity index (χ1n) is 5.22. The molecule has 0 radical (unpaired) electrons. The van der Waals surface area contributed by atoms with E-state index < -0.39 is 10.0 Å². The fourth-order valence-corrected chi connectivity index (χ4v) is 3.78. The summed E-state index contributed by atoms with van der Waals surface area (Å²) >= 11 is 4.63. The van der Waals surface area contributed by atoms with Gasteiger partial charge in [-0.25, -0.2) is 12.7 Å². The molecule has 1 aliphatic rings. The van der Waals surface area contributed by atoms with E-state index in [2.05, 4.69) is 19.1 Å². The molecule has 0 amide bonds. The highest BCUT2D eigenvalue weighted by atomic mass is 32.2. The maximum Gasteiger partial charge on any atom is 0.220 e. The first-order valence-corrected chi connectivity index (χ1v) is 7.23. The van der Waals surface area contributed by atoms with Crippen molar-refractivity contribution in [3.05, 3.63) is 0 Å². The van der Waals surface area contributed by atoms with E-state index in [9.17, 15) is 8.42 Å². The number of hydrogen-bond acceptors (Lipinski definition) is 3. The van der Waals surface area contributed by atoms with Crippen LogP contribution in [0.15, 0.2) is 0 Å². The lowest BCUT2D eigenvalue weighted by Gasteiger charge is -2.15. The van der Waals surface area contributed by atoms with Crippen LogP contribution in [-0.2, 0) is 10.0 Å². The normalized spacial score (nSPS) is 23.1. The Morgan fingerprint density at radius 2 is 2.27 bits per heavy atom. The maximum absolute atomic E-state index is 11.8. The minimum atomic E-state index is -3.24. The Morgan fingerprint density at radius 3 is 2.80 bits per heavy atom. The largest absolute Gasteiger partial charge is 0.392 e. The molecule has 1 rings (SSSR count). The van der Waals surface area contributed by atoms with Crippen LogP contribution in [0.4, 0.5) is 0 Å². The van der Waals surface area contributed by atoms with E-state index >= 15 is 0 Å². The van der Waals surface area contributed by atoms with Crippen molar-refractivity contribution in [1.82, 2.24) is 4.31 Å². The second-order valence-corrected chi connectivity index (χ2v) is 6.52. The third-order valence-electron chi connectivity index (χ3n) is 2.66. The van der Waals surface area contributed by atoms with Crippen LogP contribution >= 0.6 is 12.2 Å². The van der Waals surface area contributed by atoms with E-state index in [1.165, 1.54) is 4.31 Å². The van der Waals surface area contributed by atoms with Crippen molar-refractivity contribution < 1.29 is 8.42 Å². The molecule has 1 fully saturated rings. The second kappa shape index (κ2) is 5.23. The number of hydrogen-bond donors (Lipinski definition) is 1. The van der Waals surface area contributed by atoms with Gasteiger partial charge in [-0.15, -0.1) is 0 Å². The third-order valence-corrected chi connectivity index (χ3v) is 4.78. The number of rotatable bonds is 5. The van der Waals surface area contributed by atoms with Crippen molar-refractivity contribution in [2.45, 2.75) is 26.2 Å². The summed E-state index contributed by atoms with van der Waals surface area (Å²) in [6.45, 7) is 3.38. The minimum absolute atomic E-state index is 0.0499. The summed E-state index contributed by atoms with van der Waals surface area (Å²) in [6, 6.07) is 0. The van der Waals surface area contributed by atoms with Crippen molar-refractivity contribution in [2.75, 3.05) is 18.8 Å². The summed E-state index contributed by atoms with van der Waals surface area (Å²) in [4.78, 5) is 0.0499. The molecule has 0 bridgehead atoms. The summed E-state index contributed by atoms with van der Waals surface area (Å²) in [5.74, 6) is 0.317. The van der Waals surface area contributed by atoms with E-state index in [-0.39, 0.29) is 10.7 Å². The van der Waals surface area contributed by atoms with Crippen LogP contribution in [0, 0.1) is 5.92 Å². The molecule has 2 N–H and O–H groups in total. The van der Waals surface area contributed by atoms with E-state index in [0.717, 1.165) is 19.3 Å². The molecular formula is C9H18N2O2S2. The van der Waals surface area contributed by atoms with Crippen LogP contribution in [0.5, 0.6) is 0 Å². The fourth-order valence-electron chi connectivity index (χ4n) is 1.96. The highest BCUT2D eigenvalue weighted by Gasteiger charge is 2.30. The molecule has 0 aliphatic carbocycles. The van der Waals surface area contributed by atoms with Gasteiger partial charge in [0.25, 0.3) is 0 Å². The van der Waals surface area contributed by atoms with E-state index in [1.807, 2.05) is 0 Å². The smallest absolute Gasteiger partial charge is 0.220 e. The monoisotopic (exact) mass is 250 g/mol. The van der Waals surface area contributed by atoms with Crippen molar-refractivity contribution in [3.8, 4) is 0 Å². The minimum Gasteiger partial charge on any atom is -0.392 e. The maximum atomic E-state index is 11.8. The van der Waals surface area contributed by atoms with Gasteiger partial charge < -0.3 is 5.73 Å². The molecule has 1 aliphatic heterocycles. The number of sulfonamides is 1. The Hall–Kier alpha value is -0.200. The number of nitrogens with zero attached hydrogens (tertiary/aromatic N) is 1. The van der Waals surface area contributed by atoms with Gasteiger partial charge in [0.1, 0.15) is 5.75 Å². The molecule has 0 aromatic rings. The third kappa shape index (κ3) is 3.70. The first kappa shape index (κ1) is 12.9. The Labute approximate surface area is 96.9 Å². The predicted octanol–water partition coefficient (Wildman–Crippen LogP) is 0.724. The van der Waals surface area contributed by atoms with Crippen molar-refractivity contribution in [1.29, 1.82) is 0 Å². The Kier molecular flexibility index (Phi) is 4.48. The Balaban J connectivity index is 2.56. The zero-order valence-electron chi connectivity index (χ0n) is 8.98. The van der Waals surface area contributed by atoms with Gasteiger partial charge in [-0.1, -0.05) is 25.6 Å². The number of nitrogens with two attached hydrogens (primary N) is 1. The Bertz CT molecular complexity index is 327. The van der Waals surface area contributed by atoms with Crippen molar-refractivity contribution in [2.24, 2.45) is 11.7 Å². The van der Waals surface area contributed by atoms with Crippen LogP contribution in [0.1, 0.15) is 26.2 Å². The molecule has 6 heteroatoms. The van der Waals surface area contributed by atoms with Gasteiger partial charge in [0.15, 0.2) is 0 Å². The molecular weight excluding hydrogens is 232 g/mol. The molecule has 1 saturated heterocycles. The lowest BCUT2D eigenvalue weighted by Crippen LogP contribution is -2.35. The van der Waals surface area contributed by atoms with Gasteiger partial charge in [0.05, 0.1) is 4.99 Å². The molecule has 0 aromatic carbocycles. The van der Waals surface area contributed by atoms with E-state index in [4.69, 9.17) is 5.73 Å². The van der Waals surface area contributed by atoms with Gasteiger partial charge in [-0.05, 0) is 18.8 Å². The zero-order chi connectivity index (χ0) is 11.5. The average molecular weight is 250 g/mol. The molecule has 0 spiro atoms. The molecule has 4 nitrogen and oxygen atoms in total. The molecule has 1 unspecified atom stereocenters. The van der Waals surface area contributed by atoms with Gasteiger partial charge in [0.2, 0.25) is 10.0 Å². The van der Waals surface area contributed by atoms with Gasteiger partial charge in [0, 0.05) is 13.1 Å². The van der Waals surface area contributed by atoms with Gasteiger partial charge >= 0.3 is 0 Å². The van der Waals surface area contributed by atoms with E-state index in [0.29, 0.717) is 19.0 Å². The van der Waals surface area contributed by atoms with Crippen LogP contribution in [0.25, 0.3) is 0 Å². The summed E-state index contributed by atoms with van der Waals surface area (Å²) in [7, 11) is -3.24. The highest BCUT2D eigenvalue weighted by molar-refractivity contribution is 7.92. The quantitative estimate of drug-likeness (QED) is 0.730. The Morgan fingerprint density at radius 1 is 1.60 bits per heavy atom. The first-order chi connectivity index (χ1) is 6.95. The summed E-state index contributed by atoms with van der Waals surface area (Å²) < 4.78 is 25.0. The second-order valence-electron chi connectivity index (χ2n) is 4.02. The topological polar surface area (TPSA) is 63.4 Å². The molecule has 0 saturated carbocycles. The number of thiocarbonyl (C=S) groups is 1. The molecule has 1 atom stereocenters. The lowest BCUT2D eigenvalue weighted by atomic mass is 10.0. The van der Waals surface area contributed by atoms with Crippen molar-refractivity contribution in [3.63, 3.8) is 0 Å². The zero-order valence-corrected chi connectivity index (χ0v) is 10.6. The van der Waals surface area contributed by atoms with E-state index in [1.54, 1.807) is 0 Å². The van der Waals surface area contributed by atoms with Gasteiger partial charge in [-0.3, -0.25) is 0 Å². The molecule has 0 aromatic heterocycles. The standard InChI is InChI=1S/C9H18N2O2S2/c1-2-3-8-4-5-11(6-8)15(12,13)7-9(10)14/h8H,2-7H2,1H3,(H2,10,14). The average Bonchev–Trinajstić information content (AvgIpc) is 2.51. The molecule has 1 heterocycles. The lowest BCUT2D eigenvalue weighted by molar-refractivity contribution is 0.447. The predicted molar refractivity (Wildman–Crippen MR) is 65.2 cm³/mol. The highest BCUT2D eigenvalue weighted by Crippen LogP contribution is 2.23.